The standard InChI is InChI=1S/C11H11BrN2O/c1-14(2)11(15)9-6-13-10-4-3-7(12)5-8(9)10/h3-6,13H,1-2H3. The van der Waals surface area contributed by atoms with E-state index in [1.54, 1.807) is 25.2 Å². The van der Waals surface area contributed by atoms with Gasteiger partial charge in [-0.05, 0) is 18.2 Å². The molecule has 3 nitrogen and oxygen atoms in total. The number of halogens is 1. The molecule has 78 valence electrons. The van der Waals surface area contributed by atoms with Crippen LogP contribution in [0.5, 0.6) is 0 Å². The molecule has 0 fully saturated rings. The van der Waals surface area contributed by atoms with Crippen LogP contribution in [0.4, 0.5) is 0 Å². The highest BCUT2D eigenvalue weighted by molar-refractivity contribution is 9.10. The van der Waals surface area contributed by atoms with Crippen LogP contribution >= 0.6 is 15.9 Å². The Balaban J connectivity index is 2.62. The van der Waals surface area contributed by atoms with Crippen molar-refractivity contribution in [3.8, 4) is 0 Å². The number of aromatic amines is 1. The molecule has 4 heteroatoms. The van der Waals surface area contributed by atoms with Gasteiger partial charge in [0.1, 0.15) is 0 Å². The third-order valence-electron chi connectivity index (χ3n) is 2.28. The number of fused-ring (bicyclic) bond motifs is 1. The molecule has 15 heavy (non-hydrogen) atoms. The van der Waals surface area contributed by atoms with E-state index in [9.17, 15) is 4.79 Å². The van der Waals surface area contributed by atoms with Crippen molar-refractivity contribution in [1.29, 1.82) is 0 Å². The van der Waals surface area contributed by atoms with Crippen molar-refractivity contribution >= 4 is 32.7 Å². The van der Waals surface area contributed by atoms with Crippen LogP contribution in [0.2, 0.25) is 0 Å². The van der Waals surface area contributed by atoms with Gasteiger partial charge in [-0.1, -0.05) is 15.9 Å². The molecule has 0 saturated heterocycles. The lowest BCUT2D eigenvalue weighted by atomic mass is 10.1. The van der Waals surface area contributed by atoms with Crippen molar-refractivity contribution in [2.24, 2.45) is 0 Å². The minimum absolute atomic E-state index is 0.0133. The maximum atomic E-state index is 11.8. The van der Waals surface area contributed by atoms with Gasteiger partial charge in [0, 0.05) is 35.7 Å². The first-order valence-corrected chi connectivity index (χ1v) is 5.37. The number of nitrogens with zero attached hydrogens (tertiary/aromatic N) is 1. The third kappa shape index (κ3) is 1.77. The van der Waals surface area contributed by atoms with Gasteiger partial charge in [0.15, 0.2) is 0 Å². The Morgan fingerprint density at radius 1 is 1.40 bits per heavy atom. The molecule has 0 aliphatic rings. The van der Waals surface area contributed by atoms with Gasteiger partial charge in [0.2, 0.25) is 0 Å². The molecule has 0 aliphatic heterocycles. The zero-order chi connectivity index (χ0) is 11.0. The van der Waals surface area contributed by atoms with Gasteiger partial charge in [-0.3, -0.25) is 4.79 Å². The second-order valence-electron chi connectivity index (χ2n) is 3.59. The highest BCUT2D eigenvalue weighted by Gasteiger charge is 2.13. The zero-order valence-corrected chi connectivity index (χ0v) is 10.1. The molecule has 2 aromatic rings. The quantitative estimate of drug-likeness (QED) is 0.847. The molecule has 2 rings (SSSR count). The summed E-state index contributed by atoms with van der Waals surface area (Å²) in [5.41, 5.74) is 1.68. The highest BCUT2D eigenvalue weighted by Crippen LogP contribution is 2.23. The summed E-state index contributed by atoms with van der Waals surface area (Å²) in [6, 6.07) is 5.84. The number of hydrogen-bond acceptors (Lipinski definition) is 1. The molecular formula is C11H11BrN2O. The van der Waals surface area contributed by atoms with Crippen LogP contribution in [-0.4, -0.2) is 29.9 Å². The monoisotopic (exact) mass is 266 g/mol. The van der Waals surface area contributed by atoms with Crippen molar-refractivity contribution in [1.82, 2.24) is 9.88 Å². The Morgan fingerprint density at radius 2 is 2.13 bits per heavy atom. The van der Waals surface area contributed by atoms with E-state index in [-0.39, 0.29) is 5.91 Å². The third-order valence-corrected chi connectivity index (χ3v) is 2.77. The number of amides is 1. The van der Waals surface area contributed by atoms with E-state index in [1.807, 2.05) is 18.2 Å². The minimum Gasteiger partial charge on any atom is -0.360 e. The number of carbonyl (C=O) groups is 1. The largest absolute Gasteiger partial charge is 0.360 e. The molecule has 1 heterocycles. The summed E-state index contributed by atoms with van der Waals surface area (Å²) in [4.78, 5) is 16.5. The van der Waals surface area contributed by atoms with E-state index >= 15 is 0 Å². The Kier molecular flexibility index (Phi) is 2.52. The summed E-state index contributed by atoms with van der Waals surface area (Å²) in [6.45, 7) is 0. The van der Waals surface area contributed by atoms with Gasteiger partial charge in [-0.15, -0.1) is 0 Å². The summed E-state index contributed by atoms with van der Waals surface area (Å²) >= 11 is 3.40. The van der Waals surface area contributed by atoms with Crippen LogP contribution in [0.15, 0.2) is 28.9 Å². The first kappa shape index (κ1) is 10.2. The van der Waals surface area contributed by atoms with Gasteiger partial charge in [-0.25, -0.2) is 0 Å². The van der Waals surface area contributed by atoms with E-state index < -0.39 is 0 Å². The lowest BCUT2D eigenvalue weighted by Crippen LogP contribution is -2.21. The number of aromatic nitrogens is 1. The molecule has 0 spiro atoms. The van der Waals surface area contributed by atoms with Crippen LogP contribution in [0.3, 0.4) is 0 Å². The molecule has 0 aliphatic carbocycles. The maximum absolute atomic E-state index is 11.8. The second kappa shape index (κ2) is 3.70. The zero-order valence-electron chi connectivity index (χ0n) is 8.54. The van der Waals surface area contributed by atoms with Crippen LogP contribution in [0.25, 0.3) is 10.9 Å². The number of hydrogen-bond donors (Lipinski definition) is 1. The number of carbonyl (C=O) groups excluding carboxylic acids is 1. The molecule has 0 saturated carbocycles. The van der Waals surface area contributed by atoms with E-state index in [1.165, 1.54) is 0 Å². The number of benzene rings is 1. The Bertz CT molecular complexity index is 516. The molecule has 1 aromatic carbocycles. The van der Waals surface area contributed by atoms with Crippen LogP contribution < -0.4 is 0 Å². The number of rotatable bonds is 1. The smallest absolute Gasteiger partial charge is 0.255 e. The average Bonchev–Trinajstić information content (AvgIpc) is 2.59. The Labute approximate surface area is 96.2 Å². The first-order chi connectivity index (χ1) is 7.09. The van der Waals surface area contributed by atoms with Gasteiger partial charge in [-0.2, -0.15) is 0 Å². The van der Waals surface area contributed by atoms with Crippen molar-refractivity contribution in [2.45, 2.75) is 0 Å². The highest BCUT2D eigenvalue weighted by atomic mass is 79.9. The molecule has 0 unspecified atom stereocenters. The van der Waals surface area contributed by atoms with Crippen molar-refractivity contribution in [2.75, 3.05) is 14.1 Å². The van der Waals surface area contributed by atoms with E-state index in [0.717, 1.165) is 15.4 Å². The first-order valence-electron chi connectivity index (χ1n) is 4.58. The van der Waals surface area contributed by atoms with Gasteiger partial charge in [0.05, 0.1) is 5.56 Å². The molecular weight excluding hydrogens is 256 g/mol. The molecule has 0 atom stereocenters. The van der Waals surface area contributed by atoms with E-state index in [2.05, 4.69) is 20.9 Å². The Morgan fingerprint density at radius 3 is 2.80 bits per heavy atom. The lowest BCUT2D eigenvalue weighted by Gasteiger charge is -2.08. The van der Waals surface area contributed by atoms with Crippen LogP contribution in [-0.2, 0) is 0 Å². The molecule has 1 amide bonds. The van der Waals surface area contributed by atoms with Gasteiger partial charge >= 0.3 is 0 Å². The fraction of sp³-hybridized carbons (Fsp3) is 0.182. The average molecular weight is 267 g/mol. The molecule has 0 radical (unpaired) electrons. The van der Waals surface area contributed by atoms with Crippen molar-refractivity contribution < 1.29 is 4.79 Å². The fourth-order valence-electron chi connectivity index (χ4n) is 1.51. The lowest BCUT2D eigenvalue weighted by molar-refractivity contribution is 0.0829. The Hall–Kier alpha value is -1.29. The van der Waals surface area contributed by atoms with Gasteiger partial charge in [0.25, 0.3) is 5.91 Å². The predicted molar refractivity (Wildman–Crippen MR) is 64.0 cm³/mol. The molecule has 1 aromatic heterocycles. The van der Waals surface area contributed by atoms with E-state index in [4.69, 9.17) is 0 Å². The number of H-pyrrole nitrogens is 1. The minimum atomic E-state index is 0.0133. The topological polar surface area (TPSA) is 36.1 Å². The van der Waals surface area contributed by atoms with Crippen molar-refractivity contribution in [3.63, 3.8) is 0 Å². The SMILES string of the molecule is CN(C)C(=O)c1c[nH]c2ccc(Br)cc12. The van der Waals surface area contributed by atoms with Crippen LogP contribution in [0, 0.1) is 0 Å². The normalized spacial score (nSPS) is 10.6. The van der Waals surface area contributed by atoms with E-state index in [0.29, 0.717) is 5.56 Å². The van der Waals surface area contributed by atoms with Gasteiger partial charge < -0.3 is 9.88 Å². The molecule has 0 bridgehead atoms. The summed E-state index contributed by atoms with van der Waals surface area (Å²) in [6.07, 6.45) is 1.75. The van der Waals surface area contributed by atoms with Crippen LogP contribution in [0.1, 0.15) is 10.4 Å². The second-order valence-corrected chi connectivity index (χ2v) is 4.51. The summed E-state index contributed by atoms with van der Waals surface area (Å²) in [5.74, 6) is 0.0133. The number of nitrogens with one attached hydrogen (secondary N) is 1. The predicted octanol–water partition coefficient (Wildman–Crippen LogP) is 2.63. The summed E-state index contributed by atoms with van der Waals surface area (Å²) < 4.78 is 0.974. The van der Waals surface area contributed by atoms with Crippen molar-refractivity contribution in [3.05, 3.63) is 34.4 Å². The maximum Gasteiger partial charge on any atom is 0.255 e. The summed E-state index contributed by atoms with van der Waals surface area (Å²) in [7, 11) is 3.50. The molecule has 1 N–H and O–H groups in total. The fourth-order valence-corrected chi connectivity index (χ4v) is 1.87. The summed E-state index contributed by atoms with van der Waals surface area (Å²) in [5, 5.41) is 0.947.